The van der Waals surface area contributed by atoms with Crippen molar-refractivity contribution in [1.29, 1.82) is 0 Å². The quantitative estimate of drug-likeness (QED) is 0.594. The Hall–Kier alpha value is -2.97. The molecule has 0 aromatic heterocycles. The van der Waals surface area contributed by atoms with E-state index in [1.165, 1.54) is 7.11 Å². The van der Waals surface area contributed by atoms with Crippen LogP contribution in [0.5, 0.6) is 0 Å². The molecular formula is C23H23ClN4O3S. The third-order valence-electron chi connectivity index (χ3n) is 5.25. The fourth-order valence-corrected chi connectivity index (χ4v) is 4.91. The van der Waals surface area contributed by atoms with Gasteiger partial charge < -0.3 is 20.3 Å². The molecule has 7 nitrogen and oxygen atoms in total. The molecule has 1 unspecified atom stereocenters. The Morgan fingerprint density at radius 3 is 2.34 bits per heavy atom. The first kappa shape index (κ1) is 22.2. The van der Waals surface area contributed by atoms with Crippen molar-refractivity contribution in [3.8, 4) is 0 Å². The normalized spacial score (nSPS) is 17.9. The van der Waals surface area contributed by atoms with Gasteiger partial charge in [0, 0.05) is 28.7 Å². The molecule has 2 aliphatic heterocycles. The van der Waals surface area contributed by atoms with Crippen molar-refractivity contribution in [2.45, 2.75) is 19.4 Å². The zero-order chi connectivity index (χ0) is 22.7. The molecule has 9 heteroatoms. The first-order valence-electron chi connectivity index (χ1n) is 10.2. The van der Waals surface area contributed by atoms with Crippen molar-refractivity contribution in [2.24, 2.45) is 4.99 Å². The highest BCUT2D eigenvalue weighted by molar-refractivity contribution is 8.13. The topological polar surface area (TPSA) is 83.0 Å². The molecule has 2 amide bonds. The number of thioether (sulfide) groups is 1. The molecule has 2 aromatic carbocycles. The Balaban J connectivity index is 1.54. The minimum atomic E-state index is -0.379. The number of methoxy groups -OCH3 is 1. The lowest BCUT2D eigenvalue weighted by atomic mass is 9.94. The van der Waals surface area contributed by atoms with Crippen molar-refractivity contribution < 1.29 is 14.3 Å². The van der Waals surface area contributed by atoms with E-state index in [0.717, 1.165) is 29.4 Å². The number of halogens is 1. The number of rotatable bonds is 4. The number of urea groups is 1. The average molecular weight is 471 g/mol. The van der Waals surface area contributed by atoms with Crippen LogP contribution in [0.3, 0.4) is 0 Å². The van der Waals surface area contributed by atoms with Gasteiger partial charge in [0.2, 0.25) is 0 Å². The van der Waals surface area contributed by atoms with Gasteiger partial charge in [0.1, 0.15) is 0 Å². The van der Waals surface area contributed by atoms with E-state index in [1.807, 2.05) is 31.2 Å². The smallest absolute Gasteiger partial charge is 0.338 e. The summed E-state index contributed by atoms with van der Waals surface area (Å²) < 4.78 is 5.06. The molecule has 2 N–H and O–H groups in total. The summed E-state index contributed by atoms with van der Waals surface area (Å²) in [5, 5.41) is 7.11. The SMILES string of the molecule is COC(=O)C1=C(C)N=C2SCCCN2C1c1ccc(NC(=O)Nc2ccc(Cl)cc2)cc1. The Morgan fingerprint density at radius 2 is 1.72 bits per heavy atom. The molecule has 1 fully saturated rings. The Kier molecular flexibility index (Phi) is 6.72. The van der Waals surface area contributed by atoms with E-state index < -0.39 is 0 Å². The number of anilines is 2. The number of carbonyl (C=O) groups is 2. The Bertz CT molecular complexity index is 1080. The minimum Gasteiger partial charge on any atom is -0.466 e. The molecule has 0 saturated carbocycles. The number of fused-ring (bicyclic) bond motifs is 1. The Labute approximate surface area is 195 Å². The van der Waals surface area contributed by atoms with Gasteiger partial charge in [-0.1, -0.05) is 35.5 Å². The summed E-state index contributed by atoms with van der Waals surface area (Å²) in [6.07, 6.45) is 1.01. The van der Waals surface area contributed by atoms with E-state index in [-0.39, 0.29) is 18.0 Å². The number of allylic oxidation sites excluding steroid dienone is 1. The number of ether oxygens (including phenoxy) is 1. The number of amidine groups is 1. The number of hydrogen-bond acceptors (Lipinski definition) is 6. The van der Waals surface area contributed by atoms with Crippen LogP contribution in [-0.4, -0.2) is 41.5 Å². The molecule has 166 valence electrons. The number of amides is 2. The number of carbonyl (C=O) groups excluding carboxylic acids is 2. The van der Waals surface area contributed by atoms with Crippen LogP contribution in [0.4, 0.5) is 16.2 Å². The standard InChI is InChI=1S/C23H23ClN4O3S/c1-14-19(21(29)31-2)20(28-12-3-13-32-23(28)25-14)15-4-8-17(9-5-15)26-22(30)27-18-10-6-16(24)7-11-18/h4-11,20H,3,12-13H2,1-2H3,(H2,26,27,30). The highest BCUT2D eigenvalue weighted by Crippen LogP contribution is 2.40. The summed E-state index contributed by atoms with van der Waals surface area (Å²) in [7, 11) is 1.39. The molecule has 32 heavy (non-hydrogen) atoms. The van der Waals surface area contributed by atoms with E-state index >= 15 is 0 Å². The Morgan fingerprint density at radius 1 is 1.09 bits per heavy atom. The van der Waals surface area contributed by atoms with E-state index in [1.54, 1.807) is 36.0 Å². The molecule has 0 spiro atoms. The fraction of sp³-hybridized carbons (Fsp3) is 0.261. The van der Waals surface area contributed by atoms with Crippen molar-refractivity contribution in [2.75, 3.05) is 30.0 Å². The average Bonchev–Trinajstić information content (AvgIpc) is 2.80. The molecule has 2 aromatic rings. The number of benzene rings is 2. The number of esters is 1. The third-order valence-corrected chi connectivity index (χ3v) is 6.58. The van der Waals surface area contributed by atoms with Crippen LogP contribution in [0.1, 0.15) is 24.9 Å². The van der Waals surface area contributed by atoms with Gasteiger partial charge in [-0.3, -0.25) is 0 Å². The molecular weight excluding hydrogens is 448 g/mol. The predicted molar refractivity (Wildman–Crippen MR) is 129 cm³/mol. The zero-order valence-corrected chi connectivity index (χ0v) is 19.3. The molecule has 0 aliphatic carbocycles. The van der Waals surface area contributed by atoms with Gasteiger partial charge in [0.15, 0.2) is 5.17 Å². The maximum atomic E-state index is 12.6. The summed E-state index contributed by atoms with van der Waals surface area (Å²) in [5.74, 6) is 0.629. The fourth-order valence-electron chi connectivity index (χ4n) is 3.76. The van der Waals surface area contributed by atoms with Crippen LogP contribution in [0.25, 0.3) is 0 Å². The lowest BCUT2D eigenvalue weighted by Crippen LogP contribution is -2.42. The number of hydrogen-bond donors (Lipinski definition) is 2. The molecule has 2 heterocycles. The number of nitrogens with zero attached hydrogens (tertiary/aromatic N) is 2. The van der Waals surface area contributed by atoms with Crippen molar-refractivity contribution in [3.63, 3.8) is 0 Å². The van der Waals surface area contributed by atoms with Crippen LogP contribution >= 0.6 is 23.4 Å². The second-order valence-corrected chi connectivity index (χ2v) is 8.89. The second-order valence-electron chi connectivity index (χ2n) is 7.39. The number of aliphatic imine (C=N–C) groups is 1. The van der Waals surface area contributed by atoms with Crippen LogP contribution in [-0.2, 0) is 9.53 Å². The molecule has 0 bridgehead atoms. The largest absolute Gasteiger partial charge is 0.466 e. The maximum Gasteiger partial charge on any atom is 0.338 e. The van der Waals surface area contributed by atoms with Gasteiger partial charge in [0.25, 0.3) is 0 Å². The van der Waals surface area contributed by atoms with Crippen LogP contribution < -0.4 is 10.6 Å². The first-order valence-corrected chi connectivity index (χ1v) is 11.5. The van der Waals surface area contributed by atoms with Gasteiger partial charge >= 0.3 is 12.0 Å². The molecule has 0 radical (unpaired) electrons. The molecule has 4 rings (SSSR count). The van der Waals surface area contributed by atoms with E-state index in [0.29, 0.717) is 27.7 Å². The van der Waals surface area contributed by atoms with Crippen molar-refractivity contribution >= 4 is 51.9 Å². The zero-order valence-electron chi connectivity index (χ0n) is 17.7. The maximum absolute atomic E-state index is 12.6. The van der Waals surface area contributed by atoms with E-state index in [2.05, 4.69) is 20.5 Å². The van der Waals surface area contributed by atoms with Gasteiger partial charge in [0.05, 0.1) is 24.4 Å². The minimum absolute atomic E-state index is 0.278. The summed E-state index contributed by atoms with van der Waals surface area (Å²) in [5.41, 5.74) is 3.43. The van der Waals surface area contributed by atoms with Crippen LogP contribution in [0.2, 0.25) is 5.02 Å². The van der Waals surface area contributed by atoms with Gasteiger partial charge in [-0.15, -0.1) is 0 Å². The van der Waals surface area contributed by atoms with Crippen molar-refractivity contribution in [3.05, 3.63) is 70.4 Å². The van der Waals surface area contributed by atoms with Crippen molar-refractivity contribution in [1.82, 2.24) is 4.90 Å². The lowest BCUT2D eigenvalue weighted by molar-refractivity contribution is -0.136. The molecule has 1 atom stereocenters. The second kappa shape index (κ2) is 9.67. The van der Waals surface area contributed by atoms with Gasteiger partial charge in [-0.25, -0.2) is 14.6 Å². The highest BCUT2D eigenvalue weighted by Gasteiger charge is 2.37. The van der Waals surface area contributed by atoms with Gasteiger partial charge in [-0.05, 0) is 55.3 Å². The third kappa shape index (κ3) is 4.76. The lowest BCUT2D eigenvalue weighted by Gasteiger charge is -2.40. The first-order chi connectivity index (χ1) is 15.5. The number of nitrogens with one attached hydrogen (secondary N) is 2. The summed E-state index contributed by atoms with van der Waals surface area (Å²) in [6, 6.07) is 13.7. The summed E-state index contributed by atoms with van der Waals surface area (Å²) in [6.45, 7) is 2.66. The predicted octanol–water partition coefficient (Wildman–Crippen LogP) is 5.28. The summed E-state index contributed by atoms with van der Waals surface area (Å²) >= 11 is 7.58. The molecule has 1 saturated heterocycles. The van der Waals surface area contributed by atoms with Crippen LogP contribution in [0, 0.1) is 0 Å². The monoisotopic (exact) mass is 470 g/mol. The van der Waals surface area contributed by atoms with Gasteiger partial charge in [-0.2, -0.15) is 0 Å². The van der Waals surface area contributed by atoms with E-state index in [4.69, 9.17) is 16.3 Å². The van der Waals surface area contributed by atoms with Crippen LogP contribution in [0.15, 0.2) is 64.8 Å². The van der Waals surface area contributed by atoms with E-state index in [9.17, 15) is 9.59 Å². The molecule has 2 aliphatic rings. The summed E-state index contributed by atoms with van der Waals surface area (Å²) in [4.78, 5) is 31.7. The highest BCUT2D eigenvalue weighted by atomic mass is 35.5.